The van der Waals surface area contributed by atoms with Crippen LogP contribution in [0.2, 0.25) is 0 Å². The number of hydrogen-bond acceptors (Lipinski definition) is 5. The standard InChI is InChI=1S/C15H19NO4/c1-10(16-12-5-8-20-15(12)17)11-3-4-13-14(9-11)19-7-2-6-18-13/h3-4,9-10,12,16H,2,5-8H2,1H3. The number of benzene rings is 1. The van der Waals surface area contributed by atoms with Crippen molar-refractivity contribution in [1.29, 1.82) is 0 Å². The molecule has 2 atom stereocenters. The Labute approximate surface area is 118 Å². The molecule has 1 aromatic rings. The van der Waals surface area contributed by atoms with E-state index in [1.165, 1.54) is 0 Å². The first-order chi connectivity index (χ1) is 9.74. The van der Waals surface area contributed by atoms with Gasteiger partial charge in [-0.25, -0.2) is 0 Å². The number of carbonyl (C=O) groups excluding carboxylic acids is 1. The molecule has 0 aromatic heterocycles. The minimum absolute atomic E-state index is 0.0582. The van der Waals surface area contributed by atoms with E-state index in [4.69, 9.17) is 14.2 Å². The minimum Gasteiger partial charge on any atom is -0.490 e. The molecular formula is C15H19NO4. The normalized spacial score (nSPS) is 23.1. The number of esters is 1. The SMILES string of the molecule is CC(NC1CCOC1=O)c1ccc2c(c1)OCCCO2. The zero-order valence-electron chi connectivity index (χ0n) is 11.6. The van der Waals surface area contributed by atoms with E-state index in [-0.39, 0.29) is 18.1 Å². The Morgan fingerprint density at radius 1 is 1.15 bits per heavy atom. The highest BCUT2D eigenvalue weighted by atomic mass is 16.5. The fraction of sp³-hybridized carbons (Fsp3) is 0.533. The fourth-order valence-electron chi connectivity index (χ4n) is 2.49. The average Bonchev–Trinajstić information content (AvgIpc) is 2.73. The van der Waals surface area contributed by atoms with Crippen LogP contribution in [-0.2, 0) is 9.53 Å². The van der Waals surface area contributed by atoms with Crippen molar-refractivity contribution in [2.24, 2.45) is 0 Å². The van der Waals surface area contributed by atoms with Crippen LogP contribution < -0.4 is 14.8 Å². The van der Waals surface area contributed by atoms with Gasteiger partial charge in [0.1, 0.15) is 6.04 Å². The van der Waals surface area contributed by atoms with Crippen molar-refractivity contribution in [2.45, 2.75) is 31.8 Å². The molecule has 3 rings (SSSR count). The van der Waals surface area contributed by atoms with Crippen LogP contribution in [0.15, 0.2) is 18.2 Å². The topological polar surface area (TPSA) is 56.8 Å². The molecule has 0 amide bonds. The molecule has 2 heterocycles. The molecule has 0 spiro atoms. The molecule has 1 N–H and O–H groups in total. The molecule has 2 aliphatic rings. The quantitative estimate of drug-likeness (QED) is 0.854. The summed E-state index contributed by atoms with van der Waals surface area (Å²) < 4.78 is 16.3. The second kappa shape index (κ2) is 5.71. The van der Waals surface area contributed by atoms with Crippen molar-refractivity contribution < 1.29 is 19.0 Å². The number of cyclic esters (lactones) is 1. The highest BCUT2D eigenvalue weighted by Crippen LogP contribution is 2.32. The van der Waals surface area contributed by atoms with Crippen LogP contribution in [0.4, 0.5) is 0 Å². The maximum Gasteiger partial charge on any atom is 0.323 e. The third kappa shape index (κ3) is 2.72. The van der Waals surface area contributed by atoms with Crippen LogP contribution in [0.3, 0.4) is 0 Å². The second-order valence-electron chi connectivity index (χ2n) is 5.15. The van der Waals surface area contributed by atoms with Gasteiger partial charge in [-0.1, -0.05) is 6.07 Å². The Hall–Kier alpha value is -1.75. The van der Waals surface area contributed by atoms with Gasteiger partial charge in [0, 0.05) is 18.9 Å². The lowest BCUT2D eigenvalue weighted by molar-refractivity contribution is -0.139. The van der Waals surface area contributed by atoms with Crippen molar-refractivity contribution in [1.82, 2.24) is 5.32 Å². The molecule has 0 radical (unpaired) electrons. The third-order valence-corrected chi connectivity index (χ3v) is 3.66. The predicted octanol–water partition coefficient (Wildman–Crippen LogP) is 1.81. The van der Waals surface area contributed by atoms with Gasteiger partial charge in [-0.2, -0.15) is 0 Å². The lowest BCUT2D eigenvalue weighted by atomic mass is 10.1. The Morgan fingerprint density at radius 3 is 2.70 bits per heavy atom. The van der Waals surface area contributed by atoms with E-state index in [9.17, 15) is 4.79 Å². The lowest BCUT2D eigenvalue weighted by Crippen LogP contribution is -2.35. The Morgan fingerprint density at radius 2 is 1.95 bits per heavy atom. The molecular weight excluding hydrogens is 258 g/mol. The van der Waals surface area contributed by atoms with Crippen LogP contribution in [0.1, 0.15) is 31.4 Å². The van der Waals surface area contributed by atoms with E-state index in [0.29, 0.717) is 19.8 Å². The van der Waals surface area contributed by atoms with Crippen molar-refractivity contribution in [3.63, 3.8) is 0 Å². The van der Waals surface area contributed by atoms with Gasteiger partial charge in [0.15, 0.2) is 11.5 Å². The zero-order valence-corrected chi connectivity index (χ0v) is 11.6. The molecule has 1 saturated heterocycles. The fourth-order valence-corrected chi connectivity index (χ4v) is 2.49. The molecule has 0 bridgehead atoms. The van der Waals surface area contributed by atoms with Gasteiger partial charge in [-0.05, 0) is 24.6 Å². The first-order valence-corrected chi connectivity index (χ1v) is 7.06. The number of fused-ring (bicyclic) bond motifs is 1. The Bertz CT molecular complexity index is 503. The van der Waals surface area contributed by atoms with E-state index < -0.39 is 0 Å². The molecule has 108 valence electrons. The summed E-state index contributed by atoms with van der Waals surface area (Å²) in [7, 11) is 0. The number of nitrogens with one attached hydrogen (secondary N) is 1. The summed E-state index contributed by atoms with van der Waals surface area (Å²) in [6, 6.07) is 5.77. The lowest BCUT2D eigenvalue weighted by Gasteiger charge is -2.18. The van der Waals surface area contributed by atoms with Crippen molar-refractivity contribution in [3.05, 3.63) is 23.8 Å². The summed E-state index contributed by atoms with van der Waals surface area (Å²) in [6.45, 7) is 3.90. The second-order valence-corrected chi connectivity index (χ2v) is 5.15. The third-order valence-electron chi connectivity index (χ3n) is 3.66. The molecule has 1 aromatic carbocycles. The Balaban J connectivity index is 1.73. The summed E-state index contributed by atoms with van der Waals surface area (Å²) in [5.41, 5.74) is 1.08. The number of hydrogen-bond donors (Lipinski definition) is 1. The summed E-state index contributed by atoms with van der Waals surface area (Å²) in [5, 5.41) is 3.30. The van der Waals surface area contributed by atoms with Crippen molar-refractivity contribution >= 4 is 5.97 Å². The smallest absolute Gasteiger partial charge is 0.323 e. The van der Waals surface area contributed by atoms with E-state index >= 15 is 0 Å². The van der Waals surface area contributed by atoms with E-state index in [2.05, 4.69) is 5.32 Å². The van der Waals surface area contributed by atoms with E-state index in [0.717, 1.165) is 29.9 Å². The van der Waals surface area contributed by atoms with Gasteiger partial charge < -0.3 is 14.2 Å². The number of carbonyl (C=O) groups is 1. The van der Waals surface area contributed by atoms with Crippen LogP contribution >= 0.6 is 0 Å². The highest BCUT2D eigenvalue weighted by Gasteiger charge is 2.28. The van der Waals surface area contributed by atoms with E-state index in [1.54, 1.807) is 0 Å². The summed E-state index contributed by atoms with van der Waals surface area (Å²) in [4.78, 5) is 11.5. The average molecular weight is 277 g/mol. The van der Waals surface area contributed by atoms with Crippen LogP contribution in [-0.4, -0.2) is 31.8 Å². The zero-order chi connectivity index (χ0) is 13.9. The molecule has 1 fully saturated rings. The largest absolute Gasteiger partial charge is 0.490 e. The summed E-state index contributed by atoms with van der Waals surface area (Å²) in [6.07, 6.45) is 1.62. The van der Waals surface area contributed by atoms with Gasteiger partial charge in [0.2, 0.25) is 0 Å². The van der Waals surface area contributed by atoms with Crippen LogP contribution in [0.5, 0.6) is 11.5 Å². The first kappa shape index (κ1) is 13.2. The van der Waals surface area contributed by atoms with Crippen LogP contribution in [0, 0.1) is 0 Å². The Kier molecular flexibility index (Phi) is 3.78. The van der Waals surface area contributed by atoms with Gasteiger partial charge in [-0.15, -0.1) is 0 Å². The molecule has 2 unspecified atom stereocenters. The van der Waals surface area contributed by atoms with Gasteiger partial charge in [0.25, 0.3) is 0 Å². The van der Waals surface area contributed by atoms with Crippen molar-refractivity contribution in [3.8, 4) is 11.5 Å². The minimum atomic E-state index is -0.207. The molecule has 2 aliphatic heterocycles. The first-order valence-electron chi connectivity index (χ1n) is 7.06. The number of rotatable bonds is 3. The maximum atomic E-state index is 11.5. The van der Waals surface area contributed by atoms with E-state index in [1.807, 2.05) is 25.1 Å². The summed E-state index contributed by atoms with van der Waals surface area (Å²) >= 11 is 0. The number of ether oxygens (including phenoxy) is 3. The van der Waals surface area contributed by atoms with Crippen molar-refractivity contribution in [2.75, 3.05) is 19.8 Å². The van der Waals surface area contributed by atoms with Gasteiger partial charge in [-0.3, -0.25) is 10.1 Å². The maximum absolute atomic E-state index is 11.5. The monoisotopic (exact) mass is 277 g/mol. The van der Waals surface area contributed by atoms with Crippen LogP contribution in [0.25, 0.3) is 0 Å². The molecule has 5 nitrogen and oxygen atoms in total. The molecule has 5 heteroatoms. The predicted molar refractivity (Wildman–Crippen MR) is 73.0 cm³/mol. The summed E-state index contributed by atoms with van der Waals surface area (Å²) in [5.74, 6) is 1.41. The molecule has 20 heavy (non-hydrogen) atoms. The van der Waals surface area contributed by atoms with Gasteiger partial charge >= 0.3 is 5.97 Å². The molecule has 0 aliphatic carbocycles. The highest BCUT2D eigenvalue weighted by molar-refractivity contribution is 5.77. The molecule has 0 saturated carbocycles. The van der Waals surface area contributed by atoms with Gasteiger partial charge in [0.05, 0.1) is 19.8 Å².